The lowest BCUT2D eigenvalue weighted by Crippen LogP contribution is -2.59. The van der Waals surface area contributed by atoms with Gasteiger partial charge in [-0.05, 0) is 43.5 Å². The van der Waals surface area contributed by atoms with Crippen LogP contribution in [-0.4, -0.2) is 35.1 Å². The van der Waals surface area contributed by atoms with Crippen LogP contribution in [-0.2, 0) is 11.3 Å². The number of hydrogen-bond acceptors (Lipinski definition) is 4. The Labute approximate surface area is 170 Å². The molecule has 2 aliphatic heterocycles. The summed E-state index contributed by atoms with van der Waals surface area (Å²) in [6, 6.07) is 19.5. The molecule has 3 heterocycles. The zero-order valence-corrected chi connectivity index (χ0v) is 16.4. The third-order valence-electron chi connectivity index (χ3n) is 6.42. The highest BCUT2D eigenvalue weighted by Gasteiger charge is 2.49. The van der Waals surface area contributed by atoms with Gasteiger partial charge in [-0.1, -0.05) is 48.5 Å². The normalized spacial score (nSPS) is 28.0. The quantitative estimate of drug-likeness (QED) is 0.717. The number of nitrogens with zero attached hydrogens (tertiary/aromatic N) is 1. The number of rotatable bonds is 3. The topological polar surface area (TPSA) is 65.7 Å². The number of carbonyl (C=O) groups is 1. The molecule has 1 amide bonds. The zero-order valence-electron chi connectivity index (χ0n) is 16.4. The second-order valence-electron chi connectivity index (χ2n) is 8.48. The molecule has 0 bridgehead atoms. The van der Waals surface area contributed by atoms with Crippen LogP contribution < -0.4 is 5.32 Å². The summed E-state index contributed by atoms with van der Waals surface area (Å²) in [5.74, 6) is 0.980. The lowest BCUT2D eigenvalue weighted by molar-refractivity contribution is -0.145. The van der Waals surface area contributed by atoms with E-state index in [0.29, 0.717) is 19.5 Å². The molecule has 0 aliphatic carbocycles. The first kappa shape index (κ1) is 18.4. The molecule has 1 aromatic heterocycles. The van der Waals surface area contributed by atoms with Crippen LogP contribution in [0.4, 0.5) is 0 Å². The van der Waals surface area contributed by atoms with Gasteiger partial charge in [0.15, 0.2) is 0 Å². The fraction of sp³-hybridized carbons (Fsp3) is 0.375. The molecule has 150 valence electrons. The van der Waals surface area contributed by atoms with Crippen LogP contribution in [0.25, 0.3) is 11.0 Å². The van der Waals surface area contributed by atoms with E-state index in [2.05, 4.69) is 22.3 Å². The molecule has 5 rings (SSSR count). The van der Waals surface area contributed by atoms with E-state index in [9.17, 15) is 9.90 Å². The number of amides is 1. The van der Waals surface area contributed by atoms with Gasteiger partial charge in [-0.3, -0.25) is 9.69 Å². The SMILES string of the molecule is O=C1N[C@@H](c2ccccc2)[C@H](O)C[C@]12CCCN(Cc1cc3ccccc3o1)C2. The van der Waals surface area contributed by atoms with Gasteiger partial charge in [0.25, 0.3) is 0 Å². The molecule has 2 fully saturated rings. The predicted molar refractivity (Wildman–Crippen MR) is 111 cm³/mol. The number of likely N-dealkylation sites (tertiary alicyclic amines) is 1. The van der Waals surface area contributed by atoms with Crippen molar-refractivity contribution in [3.05, 3.63) is 72.0 Å². The molecule has 2 saturated heterocycles. The van der Waals surface area contributed by atoms with Crippen molar-refractivity contribution < 1.29 is 14.3 Å². The van der Waals surface area contributed by atoms with Gasteiger partial charge in [-0.2, -0.15) is 0 Å². The van der Waals surface area contributed by atoms with Gasteiger partial charge in [-0.15, -0.1) is 0 Å². The average Bonchev–Trinajstić information content (AvgIpc) is 3.14. The Hall–Kier alpha value is -2.63. The van der Waals surface area contributed by atoms with Gasteiger partial charge in [0.1, 0.15) is 11.3 Å². The summed E-state index contributed by atoms with van der Waals surface area (Å²) < 4.78 is 5.98. The Bertz CT molecular complexity index is 982. The van der Waals surface area contributed by atoms with E-state index in [-0.39, 0.29) is 11.9 Å². The van der Waals surface area contributed by atoms with Crippen molar-refractivity contribution >= 4 is 16.9 Å². The Morgan fingerprint density at radius 2 is 1.93 bits per heavy atom. The summed E-state index contributed by atoms with van der Waals surface area (Å²) in [4.78, 5) is 15.5. The highest BCUT2D eigenvalue weighted by molar-refractivity contribution is 5.84. The molecule has 1 spiro atoms. The zero-order chi connectivity index (χ0) is 19.8. The lowest BCUT2D eigenvalue weighted by Gasteiger charge is -2.47. The molecule has 29 heavy (non-hydrogen) atoms. The number of benzene rings is 2. The number of nitrogens with one attached hydrogen (secondary N) is 1. The van der Waals surface area contributed by atoms with Crippen LogP contribution in [0, 0.1) is 5.41 Å². The molecule has 5 nitrogen and oxygen atoms in total. The highest BCUT2D eigenvalue weighted by Crippen LogP contribution is 2.41. The van der Waals surface area contributed by atoms with Crippen LogP contribution in [0.15, 0.2) is 65.1 Å². The van der Waals surface area contributed by atoms with E-state index in [1.54, 1.807) is 0 Å². The van der Waals surface area contributed by atoms with Gasteiger partial charge < -0.3 is 14.8 Å². The molecule has 2 N–H and O–H groups in total. The van der Waals surface area contributed by atoms with Crippen molar-refractivity contribution in [1.29, 1.82) is 0 Å². The number of furan rings is 1. The lowest BCUT2D eigenvalue weighted by atomic mass is 9.70. The minimum atomic E-state index is -0.582. The first-order valence-corrected chi connectivity index (χ1v) is 10.4. The van der Waals surface area contributed by atoms with Crippen LogP contribution in [0.1, 0.15) is 36.6 Å². The van der Waals surface area contributed by atoms with E-state index in [0.717, 1.165) is 41.7 Å². The minimum absolute atomic E-state index is 0.0611. The van der Waals surface area contributed by atoms with Crippen molar-refractivity contribution in [2.75, 3.05) is 13.1 Å². The number of para-hydroxylation sites is 1. The number of piperidine rings is 2. The molecule has 0 saturated carbocycles. The summed E-state index contributed by atoms with van der Waals surface area (Å²) >= 11 is 0. The maximum Gasteiger partial charge on any atom is 0.228 e. The minimum Gasteiger partial charge on any atom is -0.460 e. The molecule has 2 aliphatic rings. The smallest absolute Gasteiger partial charge is 0.228 e. The van der Waals surface area contributed by atoms with Crippen LogP contribution >= 0.6 is 0 Å². The van der Waals surface area contributed by atoms with Crippen LogP contribution in [0.5, 0.6) is 0 Å². The predicted octanol–water partition coefficient (Wildman–Crippen LogP) is 3.64. The van der Waals surface area contributed by atoms with Crippen molar-refractivity contribution in [2.24, 2.45) is 5.41 Å². The van der Waals surface area contributed by atoms with E-state index in [4.69, 9.17) is 4.42 Å². The average molecular weight is 390 g/mol. The van der Waals surface area contributed by atoms with Gasteiger partial charge in [0.05, 0.1) is 24.1 Å². The van der Waals surface area contributed by atoms with Gasteiger partial charge in [-0.25, -0.2) is 0 Å². The maximum absolute atomic E-state index is 13.2. The third kappa shape index (κ3) is 3.45. The largest absolute Gasteiger partial charge is 0.460 e. The third-order valence-corrected chi connectivity index (χ3v) is 6.42. The van der Waals surface area contributed by atoms with Gasteiger partial charge in [0.2, 0.25) is 5.91 Å². The number of carbonyl (C=O) groups excluding carboxylic acids is 1. The molecule has 3 aromatic rings. The summed E-state index contributed by atoms with van der Waals surface area (Å²) in [5, 5.41) is 15.1. The number of hydrogen-bond donors (Lipinski definition) is 2. The summed E-state index contributed by atoms with van der Waals surface area (Å²) in [6.07, 6.45) is 1.67. The van der Waals surface area contributed by atoms with Crippen molar-refractivity contribution in [2.45, 2.75) is 38.0 Å². The Kier molecular flexibility index (Phi) is 4.64. The summed E-state index contributed by atoms with van der Waals surface area (Å²) in [5.41, 5.74) is 1.32. The molecular weight excluding hydrogens is 364 g/mol. The van der Waals surface area contributed by atoms with E-state index >= 15 is 0 Å². The Morgan fingerprint density at radius 3 is 2.76 bits per heavy atom. The van der Waals surface area contributed by atoms with E-state index in [1.807, 2.05) is 48.5 Å². The fourth-order valence-corrected chi connectivity index (χ4v) is 5.02. The second kappa shape index (κ2) is 7.32. The van der Waals surface area contributed by atoms with Crippen molar-refractivity contribution in [1.82, 2.24) is 10.2 Å². The summed E-state index contributed by atoms with van der Waals surface area (Å²) in [7, 11) is 0. The monoisotopic (exact) mass is 390 g/mol. The molecule has 0 unspecified atom stereocenters. The summed E-state index contributed by atoms with van der Waals surface area (Å²) in [6.45, 7) is 2.26. The van der Waals surface area contributed by atoms with E-state index in [1.165, 1.54) is 0 Å². The highest BCUT2D eigenvalue weighted by atomic mass is 16.3. The molecule has 5 heteroatoms. The maximum atomic E-state index is 13.2. The van der Waals surface area contributed by atoms with Gasteiger partial charge >= 0.3 is 0 Å². The molecular formula is C24H26N2O3. The van der Waals surface area contributed by atoms with Gasteiger partial charge in [0, 0.05) is 11.9 Å². The Balaban J connectivity index is 1.32. The first-order valence-electron chi connectivity index (χ1n) is 10.4. The molecule has 2 aromatic carbocycles. The number of aliphatic hydroxyl groups is 1. The second-order valence-corrected chi connectivity index (χ2v) is 8.48. The van der Waals surface area contributed by atoms with E-state index < -0.39 is 11.5 Å². The fourth-order valence-electron chi connectivity index (χ4n) is 5.02. The standard InChI is InChI=1S/C24H26N2O3/c27-20-14-24(23(28)25-22(20)17-7-2-1-3-8-17)11-6-12-26(16-24)15-19-13-18-9-4-5-10-21(18)29-19/h1-5,7-10,13,20,22,27H,6,11-12,14-16H2,(H,25,28)/t20-,22+,24+/m1/s1. The van der Waals surface area contributed by atoms with Crippen LogP contribution in [0.3, 0.4) is 0 Å². The molecule has 0 radical (unpaired) electrons. The van der Waals surface area contributed by atoms with Crippen LogP contribution in [0.2, 0.25) is 0 Å². The number of aliphatic hydroxyl groups excluding tert-OH is 1. The van der Waals surface area contributed by atoms with Crippen molar-refractivity contribution in [3.63, 3.8) is 0 Å². The first-order chi connectivity index (χ1) is 14.1. The number of fused-ring (bicyclic) bond motifs is 1. The Morgan fingerprint density at radius 1 is 1.14 bits per heavy atom. The van der Waals surface area contributed by atoms with Crippen molar-refractivity contribution in [3.8, 4) is 0 Å². The molecule has 3 atom stereocenters.